The van der Waals surface area contributed by atoms with Crippen LogP contribution in [0.15, 0.2) is 34.5 Å². The number of anilines is 1. The van der Waals surface area contributed by atoms with Crippen molar-refractivity contribution in [3.05, 3.63) is 35.1 Å². The van der Waals surface area contributed by atoms with Crippen molar-refractivity contribution in [1.82, 2.24) is 14.8 Å². The Bertz CT molecular complexity index is 994. The van der Waals surface area contributed by atoms with Crippen LogP contribution >= 0.6 is 11.3 Å². The summed E-state index contributed by atoms with van der Waals surface area (Å²) >= 11 is 1.43. The first kappa shape index (κ1) is 21.9. The molecule has 1 aliphatic heterocycles. The highest BCUT2D eigenvalue weighted by molar-refractivity contribution is 7.22. The average Bonchev–Trinajstić information content (AvgIpc) is 3.14. The van der Waals surface area contributed by atoms with E-state index in [4.69, 9.17) is 10.8 Å². The molecule has 2 aromatic rings. The van der Waals surface area contributed by atoms with Gasteiger partial charge in [0.1, 0.15) is 5.76 Å². The highest BCUT2D eigenvalue weighted by Gasteiger charge is 2.29. The number of aliphatic hydroxyl groups excluding tert-OH is 2. The van der Waals surface area contributed by atoms with Crippen molar-refractivity contribution in [3.8, 4) is 0 Å². The molecule has 2 heterocycles. The molecule has 1 fully saturated rings. The Morgan fingerprint density at radius 2 is 1.94 bits per heavy atom. The van der Waals surface area contributed by atoms with Crippen LogP contribution in [0.2, 0.25) is 0 Å². The fraction of sp³-hybridized carbons (Fsp3) is 0.500. The van der Waals surface area contributed by atoms with Gasteiger partial charge in [-0.15, -0.1) is 0 Å². The smallest absolute Gasteiger partial charge is 0.181 e. The van der Waals surface area contributed by atoms with Gasteiger partial charge in [-0.3, -0.25) is 19.6 Å². The molecule has 166 valence electrons. The molecule has 9 heteroatoms. The number of aliphatic hydroxyl groups is 2. The molecule has 1 unspecified atom stereocenters. The van der Waals surface area contributed by atoms with Crippen molar-refractivity contribution in [1.29, 1.82) is 0 Å². The second kappa shape index (κ2) is 9.86. The Labute approximate surface area is 185 Å². The van der Waals surface area contributed by atoms with Gasteiger partial charge in [-0.25, -0.2) is 4.98 Å². The highest BCUT2D eigenvalue weighted by atomic mass is 32.1. The maximum absolute atomic E-state index is 12.7. The lowest BCUT2D eigenvalue weighted by atomic mass is 9.82. The van der Waals surface area contributed by atoms with Crippen LogP contribution < -0.4 is 5.73 Å². The third-order valence-corrected chi connectivity index (χ3v) is 6.89. The van der Waals surface area contributed by atoms with E-state index < -0.39 is 0 Å². The fourth-order valence-electron chi connectivity index (χ4n) is 4.33. The van der Waals surface area contributed by atoms with Crippen LogP contribution in [-0.4, -0.2) is 89.4 Å². The van der Waals surface area contributed by atoms with Crippen molar-refractivity contribution < 1.29 is 15.0 Å². The number of para-hydroxylation sites is 1. The number of benzene rings is 1. The van der Waals surface area contributed by atoms with Crippen molar-refractivity contribution in [2.75, 3.05) is 58.2 Å². The molecule has 31 heavy (non-hydrogen) atoms. The number of carbonyl (C=O) groups is 1. The maximum atomic E-state index is 12.7. The van der Waals surface area contributed by atoms with Crippen molar-refractivity contribution in [2.45, 2.75) is 18.8 Å². The van der Waals surface area contributed by atoms with Crippen molar-refractivity contribution in [3.63, 3.8) is 0 Å². The summed E-state index contributed by atoms with van der Waals surface area (Å²) in [4.78, 5) is 26.1. The van der Waals surface area contributed by atoms with E-state index in [1.54, 1.807) is 0 Å². The predicted octanol–water partition coefficient (Wildman–Crippen LogP) is 1.82. The number of piperazine rings is 1. The summed E-state index contributed by atoms with van der Waals surface area (Å²) in [5, 5.41) is 20.1. The summed E-state index contributed by atoms with van der Waals surface area (Å²) in [5.74, 6) is -0.0942. The molecule has 0 saturated carbocycles. The largest absolute Gasteiger partial charge is 0.511 e. The molecule has 4 rings (SSSR count). The molecule has 0 radical (unpaired) electrons. The normalized spacial score (nSPS) is 21.6. The molecule has 0 bridgehead atoms. The van der Waals surface area contributed by atoms with Crippen LogP contribution in [0.5, 0.6) is 0 Å². The molecule has 1 aliphatic carbocycles. The molecule has 8 nitrogen and oxygen atoms in total. The molecule has 2 aliphatic rings. The van der Waals surface area contributed by atoms with E-state index in [9.17, 15) is 9.90 Å². The van der Waals surface area contributed by atoms with E-state index >= 15 is 0 Å². The van der Waals surface area contributed by atoms with E-state index in [0.29, 0.717) is 30.1 Å². The number of ketones is 1. The van der Waals surface area contributed by atoms with E-state index in [1.165, 1.54) is 17.6 Å². The molecular formula is C22H29N5O3S. The number of hydrogen-bond acceptors (Lipinski definition) is 9. The number of fused-ring (bicyclic) bond motifs is 1. The predicted molar refractivity (Wildman–Crippen MR) is 124 cm³/mol. The van der Waals surface area contributed by atoms with Crippen LogP contribution in [0, 0.1) is 0 Å². The lowest BCUT2D eigenvalue weighted by molar-refractivity contribution is -0.116. The number of nitrogens with two attached hydrogens (primary N) is 1. The van der Waals surface area contributed by atoms with Crippen LogP contribution in [0.1, 0.15) is 24.3 Å². The van der Waals surface area contributed by atoms with E-state index in [1.807, 2.05) is 18.2 Å². The van der Waals surface area contributed by atoms with Gasteiger partial charge in [0.15, 0.2) is 10.9 Å². The zero-order valence-electron chi connectivity index (χ0n) is 17.5. The Morgan fingerprint density at radius 1 is 1.19 bits per heavy atom. The van der Waals surface area contributed by atoms with Crippen LogP contribution in [-0.2, 0) is 4.79 Å². The second-order valence-corrected chi connectivity index (χ2v) is 9.14. The highest BCUT2D eigenvalue weighted by Crippen LogP contribution is 2.38. The third kappa shape index (κ3) is 5.12. The van der Waals surface area contributed by atoms with E-state index in [2.05, 4.69) is 19.8 Å². The molecule has 0 spiro atoms. The van der Waals surface area contributed by atoms with Gasteiger partial charge in [-0.2, -0.15) is 0 Å². The number of carbonyl (C=O) groups excluding carboxylic acids is 1. The number of Topliss-reactive ketones (excluding diaryl/α,β-unsaturated/α-hetero) is 1. The Morgan fingerprint density at radius 3 is 2.65 bits per heavy atom. The van der Waals surface area contributed by atoms with Crippen LogP contribution in [0.3, 0.4) is 0 Å². The SMILES string of the molecule is Nc1nc2c(C3CC(=O)C(C=NCCN4CCN(CCO)CC4)=C(O)C3)cccc2s1. The van der Waals surface area contributed by atoms with Gasteiger partial charge < -0.3 is 15.9 Å². The average molecular weight is 444 g/mol. The molecule has 1 aromatic heterocycles. The zero-order valence-corrected chi connectivity index (χ0v) is 18.4. The Balaban J connectivity index is 1.35. The quantitative estimate of drug-likeness (QED) is 0.559. The van der Waals surface area contributed by atoms with E-state index in [-0.39, 0.29) is 24.1 Å². The molecule has 1 atom stereocenters. The minimum absolute atomic E-state index is 0.0877. The zero-order chi connectivity index (χ0) is 21.8. The van der Waals surface area contributed by atoms with Gasteiger partial charge >= 0.3 is 0 Å². The number of nitrogen functional groups attached to an aromatic ring is 1. The lowest BCUT2D eigenvalue weighted by Gasteiger charge is -2.33. The number of nitrogens with zero attached hydrogens (tertiary/aromatic N) is 4. The first-order chi connectivity index (χ1) is 15.0. The summed E-state index contributed by atoms with van der Waals surface area (Å²) in [7, 11) is 0. The summed E-state index contributed by atoms with van der Waals surface area (Å²) in [5.41, 5.74) is 7.97. The van der Waals surface area contributed by atoms with Gasteiger partial charge in [-0.05, 0) is 11.6 Å². The van der Waals surface area contributed by atoms with Crippen LogP contribution in [0.25, 0.3) is 10.2 Å². The van der Waals surface area contributed by atoms with Gasteiger partial charge in [0, 0.05) is 64.2 Å². The van der Waals surface area contributed by atoms with Gasteiger partial charge in [-0.1, -0.05) is 23.5 Å². The summed E-state index contributed by atoms with van der Waals surface area (Å²) in [6.45, 7) is 6.15. The molecule has 4 N–H and O–H groups in total. The first-order valence-corrected chi connectivity index (χ1v) is 11.5. The number of hydrogen-bond donors (Lipinski definition) is 3. The summed E-state index contributed by atoms with van der Waals surface area (Å²) < 4.78 is 0.996. The second-order valence-electron chi connectivity index (χ2n) is 8.08. The first-order valence-electron chi connectivity index (χ1n) is 10.7. The van der Waals surface area contributed by atoms with Gasteiger partial charge in [0.05, 0.1) is 28.9 Å². The Hall–Kier alpha value is -2.33. The number of rotatable bonds is 7. The molecular weight excluding hydrogens is 414 g/mol. The minimum atomic E-state index is -0.106. The minimum Gasteiger partial charge on any atom is -0.511 e. The Kier molecular flexibility index (Phi) is 6.96. The topological polar surface area (TPSA) is 115 Å². The van der Waals surface area contributed by atoms with E-state index in [0.717, 1.165) is 55.0 Å². The lowest BCUT2D eigenvalue weighted by Crippen LogP contribution is -2.47. The number of aliphatic imine (C=N–C) groups is 1. The monoisotopic (exact) mass is 443 g/mol. The van der Waals surface area contributed by atoms with Gasteiger partial charge in [0.2, 0.25) is 0 Å². The summed E-state index contributed by atoms with van der Waals surface area (Å²) in [6.07, 6.45) is 2.27. The third-order valence-electron chi connectivity index (χ3n) is 6.04. The fourth-order valence-corrected chi connectivity index (χ4v) is 5.09. The standard InChI is InChI=1S/C22H29N5O3S/c23-22-25-21-16(2-1-3-20(21)31-22)15-12-18(29)17(19(30)13-15)14-24-4-5-26-6-8-27(9-7-26)10-11-28/h1-3,14-15,28-29H,4-13H2,(H2,23,25). The molecule has 1 saturated heterocycles. The number of thiazole rings is 1. The summed E-state index contributed by atoms with van der Waals surface area (Å²) in [6, 6.07) is 5.88. The molecule has 1 aromatic carbocycles. The maximum Gasteiger partial charge on any atom is 0.181 e. The number of allylic oxidation sites excluding steroid dienone is 2. The van der Waals surface area contributed by atoms with Crippen LogP contribution in [0.4, 0.5) is 5.13 Å². The number of aromatic nitrogens is 1. The molecule has 0 amide bonds. The number of β-amino-alcohol motifs (C(OH)–C–C–N with tert-alkyl or cyclic N) is 1. The van der Waals surface area contributed by atoms with Crippen molar-refractivity contribution >= 4 is 38.7 Å². The van der Waals surface area contributed by atoms with Crippen molar-refractivity contribution in [2.24, 2.45) is 4.99 Å². The van der Waals surface area contributed by atoms with Gasteiger partial charge in [0.25, 0.3) is 0 Å².